The van der Waals surface area contributed by atoms with Gasteiger partial charge in [0.15, 0.2) is 0 Å². The number of anilines is 1. The Morgan fingerprint density at radius 3 is 2.35 bits per heavy atom. The van der Waals surface area contributed by atoms with Crippen LogP contribution >= 0.6 is 11.6 Å². The number of alkyl halides is 3. The summed E-state index contributed by atoms with van der Waals surface area (Å²) in [4.78, 5) is 3.25. The van der Waals surface area contributed by atoms with E-state index >= 15 is 0 Å². The van der Waals surface area contributed by atoms with Gasteiger partial charge >= 0.3 is 46.0 Å². The van der Waals surface area contributed by atoms with E-state index in [0.717, 1.165) is 0 Å². The maximum atomic E-state index is 12.3. The molecule has 0 saturated carbocycles. The standard InChI is InChI=1S/C6H4ClF3N2O3S.Na.H/c7-4-1-3(6(8,9)10)2-5(11-4)12-16(13,14)15;;/h1-2H,(H,11,12)(H,13,14,15);;/q;+1;-1. The maximum absolute atomic E-state index is 12.3. The Bertz CT molecular complexity index is 513. The van der Waals surface area contributed by atoms with Gasteiger partial charge in [-0.2, -0.15) is 21.6 Å². The summed E-state index contributed by atoms with van der Waals surface area (Å²) >= 11 is 5.26. The first kappa shape index (κ1) is 16.9. The Hall–Kier alpha value is -0.0600. The number of nitrogens with zero attached hydrogens (tertiary/aromatic N) is 1. The van der Waals surface area contributed by atoms with Gasteiger partial charge in [0, 0.05) is 0 Å². The number of rotatable bonds is 2. The minimum Gasteiger partial charge on any atom is -1.00 e. The van der Waals surface area contributed by atoms with Crippen molar-refractivity contribution in [2.75, 3.05) is 4.72 Å². The zero-order valence-corrected chi connectivity index (χ0v) is 11.9. The second kappa shape index (κ2) is 5.72. The van der Waals surface area contributed by atoms with Crippen molar-refractivity contribution in [1.29, 1.82) is 0 Å². The van der Waals surface area contributed by atoms with E-state index in [1.807, 2.05) is 0 Å². The topological polar surface area (TPSA) is 79.3 Å². The van der Waals surface area contributed by atoms with Crippen LogP contribution in [0.25, 0.3) is 0 Å². The molecule has 0 spiro atoms. The molecular formula is C6H5ClF3N2NaO3S. The molecule has 0 amide bonds. The number of hydrogen-bond acceptors (Lipinski definition) is 3. The minimum atomic E-state index is -4.69. The van der Waals surface area contributed by atoms with E-state index in [4.69, 9.17) is 16.2 Å². The van der Waals surface area contributed by atoms with Crippen molar-refractivity contribution in [2.24, 2.45) is 0 Å². The van der Waals surface area contributed by atoms with Gasteiger partial charge in [0.05, 0.1) is 5.56 Å². The molecule has 1 rings (SSSR count). The summed E-state index contributed by atoms with van der Waals surface area (Å²) < 4.78 is 67.2. The van der Waals surface area contributed by atoms with Crippen molar-refractivity contribution in [3.63, 3.8) is 0 Å². The number of aromatic nitrogens is 1. The summed E-state index contributed by atoms with van der Waals surface area (Å²) in [6, 6.07) is 0.927. The average Bonchev–Trinajstić information content (AvgIpc) is 1.97. The summed E-state index contributed by atoms with van der Waals surface area (Å²) in [5.74, 6) is -0.720. The van der Waals surface area contributed by atoms with Gasteiger partial charge in [-0.25, -0.2) is 9.71 Å². The molecule has 0 aromatic carbocycles. The molecule has 0 aliphatic heterocycles. The van der Waals surface area contributed by atoms with Crippen LogP contribution in [0.4, 0.5) is 19.0 Å². The Kier molecular flexibility index (Phi) is 5.70. The van der Waals surface area contributed by atoms with Crippen LogP contribution < -0.4 is 34.3 Å². The van der Waals surface area contributed by atoms with Crippen molar-refractivity contribution in [3.8, 4) is 0 Å². The van der Waals surface area contributed by atoms with E-state index in [1.165, 1.54) is 4.72 Å². The van der Waals surface area contributed by atoms with Crippen LogP contribution in [0.15, 0.2) is 12.1 Å². The fourth-order valence-electron chi connectivity index (χ4n) is 0.845. The summed E-state index contributed by atoms with van der Waals surface area (Å²) in [6.07, 6.45) is -4.69. The molecule has 0 saturated heterocycles. The van der Waals surface area contributed by atoms with Crippen LogP contribution in [0.1, 0.15) is 6.99 Å². The zero-order valence-electron chi connectivity index (χ0n) is 9.29. The van der Waals surface area contributed by atoms with Crippen LogP contribution in [-0.4, -0.2) is 18.0 Å². The first-order valence-corrected chi connectivity index (χ1v) is 5.40. The first-order valence-electron chi connectivity index (χ1n) is 3.58. The van der Waals surface area contributed by atoms with Gasteiger partial charge in [0.1, 0.15) is 11.0 Å². The fourth-order valence-corrected chi connectivity index (χ4v) is 1.42. The molecule has 0 bridgehead atoms. The molecule has 17 heavy (non-hydrogen) atoms. The van der Waals surface area contributed by atoms with E-state index in [1.54, 1.807) is 0 Å². The molecule has 0 aliphatic rings. The molecule has 92 valence electrons. The SMILES string of the molecule is O=S(=O)(O)Nc1cc(C(F)(F)F)cc(Cl)n1.[H-].[Na+]. The second-order valence-corrected chi connectivity index (χ2v) is 4.18. The normalized spacial score (nSPS) is 11.8. The van der Waals surface area contributed by atoms with E-state index in [9.17, 15) is 21.6 Å². The summed E-state index contributed by atoms with van der Waals surface area (Å²) in [6.45, 7) is 0. The van der Waals surface area contributed by atoms with Crippen molar-refractivity contribution in [1.82, 2.24) is 4.98 Å². The van der Waals surface area contributed by atoms with Crippen LogP contribution in [0, 0.1) is 0 Å². The summed E-state index contributed by atoms with van der Waals surface area (Å²) in [5.41, 5.74) is -1.18. The number of hydrogen-bond donors (Lipinski definition) is 2. The predicted molar refractivity (Wildman–Crippen MR) is 50.5 cm³/mol. The van der Waals surface area contributed by atoms with E-state index in [-0.39, 0.29) is 31.0 Å². The third-order valence-electron chi connectivity index (χ3n) is 1.35. The summed E-state index contributed by atoms with van der Waals surface area (Å²) in [5, 5.41) is -0.555. The third kappa shape index (κ3) is 5.89. The Morgan fingerprint density at radius 2 is 1.94 bits per heavy atom. The molecule has 0 atom stereocenters. The number of pyridine rings is 1. The van der Waals surface area contributed by atoms with Gasteiger partial charge in [-0.15, -0.1) is 0 Å². The minimum absolute atomic E-state index is 0. The second-order valence-electron chi connectivity index (χ2n) is 2.64. The van der Waals surface area contributed by atoms with Gasteiger partial charge < -0.3 is 1.43 Å². The quantitative estimate of drug-likeness (QED) is 0.421. The van der Waals surface area contributed by atoms with Crippen LogP contribution in [0.5, 0.6) is 0 Å². The average molecular weight is 301 g/mol. The molecule has 5 nitrogen and oxygen atoms in total. The maximum Gasteiger partial charge on any atom is 1.00 e. The molecule has 2 N–H and O–H groups in total. The summed E-state index contributed by atoms with van der Waals surface area (Å²) in [7, 11) is -4.69. The number of nitrogens with one attached hydrogen (secondary N) is 1. The van der Waals surface area contributed by atoms with Crippen LogP contribution in [0.2, 0.25) is 5.15 Å². The van der Waals surface area contributed by atoms with Crippen molar-refractivity contribution < 1.29 is 57.1 Å². The van der Waals surface area contributed by atoms with Crippen molar-refractivity contribution in [2.45, 2.75) is 6.18 Å². The zero-order chi connectivity index (χ0) is 12.6. The molecule has 0 aliphatic carbocycles. The van der Waals surface area contributed by atoms with Crippen molar-refractivity contribution >= 4 is 27.7 Å². The molecule has 11 heteroatoms. The van der Waals surface area contributed by atoms with Crippen molar-refractivity contribution in [3.05, 3.63) is 22.8 Å². The predicted octanol–water partition coefficient (Wildman–Crippen LogP) is -0.915. The largest absolute Gasteiger partial charge is 1.00 e. The Morgan fingerprint density at radius 1 is 1.41 bits per heavy atom. The monoisotopic (exact) mass is 300 g/mol. The molecule has 0 radical (unpaired) electrons. The van der Waals surface area contributed by atoms with Gasteiger partial charge in [-0.05, 0) is 12.1 Å². The van der Waals surface area contributed by atoms with Gasteiger partial charge in [0.2, 0.25) is 0 Å². The first-order chi connectivity index (χ1) is 7.08. The third-order valence-corrected chi connectivity index (χ3v) is 2.02. The molecule has 1 aromatic rings. The smallest absolute Gasteiger partial charge is 1.00 e. The molecule has 1 aromatic heterocycles. The van der Waals surface area contributed by atoms with Crippen LogP contribution in [0.3, 0.4) is 0 Å². The van der Waals surface area contributed by atoms with E-state index in [2.05, 4.69) is 4.98 Å². The molecule has 1 heterocycles. The fraction of sp³-hybridized carbons (Fsp3) is 0.167. The van der Waals surface area contributed by atoms with E-state index < -0.39 is 33.0 Å². The molecule has 0 fully saturated rings. The Balaban J connectivity index is 0. The Labute approximate surface area is 123 Å². The van der Waals surface area contributed by atoms with Gasteiger partial charge in [-0.3, -0.25) is 4.55 Å². The van der Waals surface area contributed by atoms with Crippen LogP contribution in [-0.2, 0) is 16.5 Å². The molecular weight excluding hydrogens is 296 g/mol. The van der Waals surface area contributed by atoms with E-state index in [0.29, 0.717) is 12.1 Å². The number of halogens is 4. The van der Waals surface area contributed by atoms with Gasteiger partial charge in [0.25, 0.3) is 0 Å². The molecule has 0 unspecified atom stereocenters. The van der Waals surface area contributed by atoms with Gasteiger partial charge in [-0.1, -0.05) is 11.6 Å².